The Kier molecular flexibility index (Phi) is 9.42. The van der Waals surface area contributed by atoms with E-state index >= 15 is 0 Å². The lowest BCUT2D eigenvalue weighted by atomic mass is 10.0. The van der Waals surface area contributed by atoms with E-state index < -0.39 is 11.9 Å². The summed E-state index contributed by atoms with van der Waals surface area (Å²) in [6.45, 7) is 5.46. The first-order valence-electron chi connectivity index (χ1n) is 12.8. The average Bonchev–Trinajstić information content (AvgIpc) is 3.36. The summed E-state index contributed by atoms with van der Waals surface area (Å²) in [5.41, 5.74) is 1.50. The molecule has 1 aromatic heterocycles. The van der Waals surface area contributed by atoms with Crippen molar-refractivity contribution < 1.29 is 23.5 Å². The molecule has 11 heteroatoms. The predicted octanol–water partition coefficient (Wildman–Crippen LogP) is 3.50. The van der Waals surface area contributed by atoms with Crippen LogP contribution in [0.3, 0.4) is 0 Å². The number of aromatic nitrogens is 2. The minimum atomic E-state index is -0.706. The van der Waals surface area contributed by atoms with Crippen molar-refractivity contribution in [2.45, 2.75) is 33.0 Å². The first kappa shape index (κ1) is 28.4. The van der Waals surface area contributed by atoms with Crippen LogP contribution in [-0.4, -0.2) is 65.7 Å². The summed E-state index contributed by atoms with van der Waals surface area (Å²) in [6, 6.07) is 9.04. The molecular weight excluding hydrogens is 525 g/mol. The summed E-state index contributed by atoms with van der Waals surface area (Å²) < 4.78 is 27.2. The Morgan fingerprint density at radius 1 is 1.21 bits per heavy atom. The van der Waals surface area contributed by atoms with Crippen molar-refractivity contribution in [2.24, 2.45) is 5.92 Å². The molecule has 0 aliphatic carbocycles. The van der Waals surface area contributed by atoms with E-state index in [2.05, 4.69) is 15.6 Å². The number of rotatable bonds is 4. The molecule has 208 valence electrons. The topological polar surface area (TPSA) is 97.7 Å². The number of fused-ring (bicyclic) bond motifs is 4. The van der Waals surface area contributed by atoms with Gasteiger partial charge < -0.3 is 24.7 Å². The monoisotopic (exact) mass is 557 g/mol. The number of carbonyl (C=O) groups is 2. The van der Waals surface area contributed by atoms with Gasteiger partial charge in [-0.1, -0.05) is 31.5 Å². The normalized spacial score (nSPS) is 17.5. The summed E-state index contributed by atoms with van der Waals surface area (Å²) in [7, 11) is 1.57. The number of halogens is 2. The molecule has 4 rings (SSSR count). The van der Waals surface area contributed by atoms with E-state index in [-0.39, 0.29) is 42.5 Å². The van der Waals surface area contributed by atoms with Crippen LogP contribution >= 0.6 is 11.6 Å². The van der Waals surface area contributed by atoms with Gasteiger partial charge in [0.2, 0.25) is 11.8 Å². The van der Waals surface area contributed by atoms with Crippen molar-refractivity contribution in [2.75, 3.05) is 33.4 Å². The highest BCUT2D eigenvalue weighted by Crippen LogP contribution is 2.32. The molecule has 1 aliphatic rings. The zero-order valence-electron chi connectivity index (χ0n) is 22.2. The van der Waals surface area contributed by atoms with Crippen molar-refractivity contribution in [1.29, 1.82) is 0 Å². The Hall–Kier alpha value is -3.63. The van der Waals surface area contributed by atoms with E-state index in [1.165, 1.54) is 12.1 Å². The fourth-order valence-electron chi connectivity index (χ4n) is 4.43. The molecular formula is C28H33ClFN5O4. The maximum atomic E-state index is 13.6. The number of amides is 2. The molecule has 0 fully saturated rings. The molecule has 3 aromatic rings. The number of carbonyl (C=O) groups excluding carboxylic acids is 2. The molecule has 1 aliphatic heterocycles. The third kappa shape index (κ3) is 7.27. The summed E-state index contributed by atoms with van der Waals surface area (Å²) in [5, 5.41) is 6.07. The summed E-state index contributed by atoms with van der Waals surface area (Å²) in [4.78, 5) is 32.5. The van der Waals surface area contributed by atoms with Crippen LogP contribution in [0, 0.1) is 11.7 Å². The van der Waals surface area contributed by atoms with Crippen molar-refractivity contribution in [3.8, 4) is 22.9 Å². The first-order valence-corrected chi connectivity index (χ1v) is 13.2. The fourth-order valence-corrected chi connectivity index (χ4v) is 4.66. The lowest BCUT2D eigenvalue weighted by Crippen LogP contribution is -2.52. The highest BCUT2D eigenvalue weighted by Gasteiger charge is 2.25. The van der Waals surface area contributed by atoms with E-state index in [9.17, 15) is 14.0 Å². The summed E-state index contributed by atoms with van der Waals surface area (Å²) >= 11 is 6.28. The fraction of sp³-hybridized carbons (Fsp3) is 0.393. The quantitative estimate of drug-likeness (QED) is 0.510. The largest absolute Gasteiger partial charge is 0.493 e. The van der Waals surface area contributed by atoms with Crippen LogP contribution in [0.25, 0.3) is 11.4 Å². The second-order valence-corrected chi connectivity index (χ2v) is 10.1. The Morgan fingerprint density at radius 2 is 2.03 bits per heavy atom. The van der Waals surface area contributed by atoms with Gasteiger partial charge in [-0.05, 0) is 41.8 Å². The molecule has 0 saturated heterocycles. The van der Waals surface area contributed by atoms with Crippen molar-refractivity contribution in [3.63, 3.8) is 0 Å². The summed E-state index contributed by atoms with van der Waals surface area (Å²) in [6.07, 6.45) is 3.55. The Labute approximate surface area is 232 Å². The molecule has 1 atom stereocenters. The van der Waals surface area contributed by atoms with Gasteiger partial charge in [-0.15, -0.1) is 0 Å². The second kappa shape index (κ2) is 12.9. The van der Waals surface area contributed by atoms with E-state index in [1.54, 1.807) is 19.4 Å². The predicted molar refractivity (Wildman–Crippen MR) is 146 cm³/mol. The minimum absolute atomic E-state index is 0.0138. The number of hydrogen-bond acceptors (Lipinski definition) is 6. The van der Waals surface area contributed by atoms with Crippen LogP contribution in [0.2, 0.25) is 5.02 Å². The Bertz CT molecular complexity index is 1310. The van der Waals surface area contributed by atoms with Gasteiger partial charge in [0, 0.05) is 49.2 Å². The van der Waals surface area contributed by atoms with E-state index in [1.807, 2.05) is 47.7 Å². The third-order valence-corrected chi connectivity index (χ3v) is 6.85. The van der Waals surface area contributed by atoms with Crippen LogP contribution in [0.5, 0.6) is 11.5 Å². The van der Waals surface area contributed by atoms with Gasteiger partial charge >= 0.3 is 0 Å². The molecule has 0 saturated carbocycles. The van der Waals surface area contributed by atoms with Gasteiger partial charge in [0.15, 0.2) is 11.5 Å². The molecule has 39 heavy (non-hydrogen) atoms. The minimum Gasteiger partial charge on any atom is -0.493 e. The highest BCUT2D eigenvalue weighted by molar-refractivity contribution is 6.31. The van der Waals surface area contributed by atoms with Crippen LogP contribution in [0.4, 0.5) is 4.39 Å². The SMILES string of the molecule is COc1ccc2cc1OCCN(Cc1ccc(F)cc1Cl)CC(=O)N[C@H](C(C)C)C(=O)NCCn1ccnc1-2. The van der Waals surface area contributed by atoms with Gasteiger partial charge in [0.1, 0.15) is 24.3 Å². The van der Waals surface area contributed by atoms with Crippen molar-refractivity contribution in [3.05, 3.63) is 65.2 Å². The number of nitrogens with zero attached hydrogens (tertiary/aromatic N) is 3. The molecule has 2 amide bonds. The molecule has 2 N–H and O–H groups in total. The Morgan fingerprint density at radius 3 is 2.77 bits per heavy atom. The van der Waals surface area contributed by atoms with Gasteiger partial charge in [0.25, 0.3) is 0 Å². The molecule has 2 aromatic carbocycles. The smallest absolute Gasteiger partial charge is 0.242 e. The lowest BCUT2D eigenvalue weighted by Gasteiger charge is -2.26. The van der Waals surface area contributed by atoms with Crippen molar-refractivity contribution in [1.82, 2.24) is 25.1 Å². The second-order valence-electron chi connectivity index (χ2n) is 9.68. The lowest BCUT2D eigenvalue weighted by molar-refractivity contribution is -0.130. The van der Waals surface area contributed by atoms with Gasteiger partial charge in [-0.25, -0.2) is 9.37 Å². The van der Waals surface area contributed by atoms with Crippen LogP contribution in [-0.2, 0) is 22.7 Å². The van der Waals surface area contributed by atoms with E-state index in [0.717, 1.165) is 11.4 Å². The molecule has 0 spiro atoms. The number of imidazole rings is 1. The molecule has 0 radical (unpaired) electrons. The molecule has 9 nitrogen and oxygen atoms in total. The van der Waals surface area contributed by atoms with E-state index in [0.29, 0.717) is 36.7 Å². The van der Waals surface area contributed by atoms with Crippen LogP contribution in [0.1, 0.15) is 19.4 Å². The zero-order chi connectivity index (χ0) is 27.9. The third-order valence-electron chi connectivity index (χ3n) is 6.50. The Balaban J connectivity index is 1.64. The maximum Gasteiger partial charge on any atom is 0.242 e. The average molecular weight is 558 g/mol. The van der Waals surface area contributed by atoms with Crippen LogP contribution in [0.15, 0.2) is 48.8 Å². The highest BCUT2D eigenvalue weighted by atomic mass is 35.5. The van der Waals surface area contributed by atoms with Gasteiger partial charge in [-0.3, -0.25) is 14.5 Å². The van der Waals surface area contributed by atoms with Gasteiger partial charge in [0.05, 0.1) is 13.7 Å². The standard InChI is InChI=1S/C28H33ClFN5O4/c1-18(2)26-28(37)32-9-11-35-10-8-31-27(35)19-5-7-23(38-3)24(14-19)39-13-12-34(17-25(36)33-26)16-20-4-6-21(30)15-22(20)29/h4-8,10,14-15,18,26H,9,11-13,16-17H2,1-3H3,(H,32,37)(H,33,36)/t26-/m1/s1. The summed E-state index contributed by atoms with van der Waals surface area (Å²) in [5.74, 6) is 0.681. The zero-order valence-corrected chi connectivity index (χ0v) is 23.0. The number of nitrogens with one attached hydrogen (secondary N) is 2. The molecule has 2 bridgehead atoms. The number of methoxy groups -OCH3 is 1. The van der Waals surface area contributed by atoms with Gasteiger partial charge in [-0.2, -0.15) is 0 Å². The number of hydrogen-bond donors (Lipinski definition) is 2. The van der Waals surface area contributed by atoms with Crippen molar-refractivity contribution >= 4 is 23.4 Å². The first-order chi connectivity index (χ1) is 18.7. The maximum absolute atomic E-state index is 13.6. The molecule has 0 unspecified atom stereocenters. The number of ether oxygens (including phenoxy) is 2. The van der Waals surface area contributed by atoms with Crippen LogP contribution < -0.4 is 20.1 Å². The van der Waals surface area contributed by atoms with E-state index in [4.69, 9.17) is 21.1 Å². The number of benzene rings is 2. The molecule has 2 heterocycles.